The van der Waals surface area contributed by atoms with E-state index in [4.69, 9.17) is 0 Å². The van der Waals surface area contributed by atoms with Crippen molar-refractivity contribution >= 4 is 11.7 Å². The zero-order chi connectivity index (χ0) is 11.4. The predicted octanol–water partition coefficient (Wildman–Crippen LogP) is 1.47. The van der Waals surface area contributed by atoms with E-state index >= 15 is 0 Å². The van der Waals surface area contributed by atoms with Crippen molar-refractivity contribution in [2.24, 2.45) is 16.7 Å². The van der Waals surface area contributed by atoms with Crippen LogP contribution < -0.4 is 0 Å². The topological polar surface area (TPSA) is 37.4 Å². The Bertz CT molecular complexity index is 317. The maximum atomic E-state index is 11.5. The number of carbonyl (C=O) groups excluding carboxylic acids is 2. The molecule has 0 radical (unpaired) electrons. The fraction of sp³-hybridized carbons (Fsp3) is 0.833. The first-order chi connectivity index (χ1) is 6.76. The Morgan fingerprint density at radius 2 is 1.73 bits per heavy atom. The minimum absolute atomic E-state index is 0.0125. The Balaban J connectivity index is 2.01. The van der Waals surface area contributed by atoms with E-state index in [9.17, 15) is 9.59 Å². The molecule has 2 rings (SSSR count). The average Bonchev–Trinajstić information content (AvgIpc) is 2.41. The van der Waals surface area contributed by atoms with Crippen LogP contribution in [0.1, 0.15) is 34.1 Å². The molecule has 1 aliphatic carbocycles. The molecule has 2 fully saturated rings. The van der Waals surface area contributed by atoms with Crippen LogP contribution in [0.15, 0.2) is 0 Å². The fourth-order valence-electron chi connectivity index (χ4n) is 2.81. The van der Waals surface area contributed by atoms with Gasteiger partial charge >= 0.3 is 0 Å². The van der Waals surface area contributed by atoms with Crippen molar-refractivity contribution in [3.05, 3.63) is 0 Å². The molecule has 0 aromatic heterocycles. The molecule has 0 atom stereocenters. The number of Topliss-reactive ketones (excluding diaryl/α,β-unsaturated/α-hetero) is 1. The second kappa shape index (κ2) is 2.83. The molecule has 1 heterocycles. The lowest BCUT2D eigenvalue weighted by molar-refractivity contribution is -0.128. The zero-order valence-corrected chi connectivity index (χ0v) is 9.96. The van der Waals surface area contributed by atoms with Gasteiger partial charge < -0.3 is 4.90 Å². The standard InChI is InChI=1S/C12H19NO2/c1-11(2)9(12(11,3)4)7-13-6-8(14)5-10(13)15/h9H,5-7H2,1-4H3. The molecule has 0 unspecified atom stereocenters. The van der Waals surface area contributed by atoms with E-state index in [1.54, 1.807) is 4.90 Å². The van der Waals surface area contributed by atoms with Crippen LogP contribution >= 0.6 is 0 Å². The highest BCUT2D eigenvalue weighted by Crippen LogP contribution is 2.68. The summed E-state index contributed by atoms with van der Waals surface area (Å²) < 4.78 is 0. The van der Waals surface area contributed by atoms with Gasteiger partial charge in [0.15, 0.2) is 5.78 Å². The summed E-state index contributed by atoms with van der Waals surface area (Å²) in [6, 6.07) is 0. The lowest BCUT2D eigenvalue weighted by atomic mass is 10.0. The van der Waals surface area contributed by atoms with Crippen LogP contribution in [0.3, 0.4) is 0 Å². The smallest absolute Gasteiger partial charge is 0.230 e. The van der Waals surface area contributed by atoms with Crippen LogP contribution in [0.25, 0.3) is 0 Å². The molecule has 1 saturated carbocycles. The highest BCUT2D eigenvalue weighted by molar-refractivity contribution is 6.05. The van der Waals surface area contributed by atoms with Crippen LogP contribution in [0.2, 0.25) is 0 Å². The fourth-order valence-corrected chi connectivity index (χ4v) is 2.81. The van der Waals surface area contributed by atoms with E-state index in [2.05, 4.69) is 27.7 Å². The highest BCUT2D eigenvalue weighted by atomic mass is 16.2. The van der Waals surface area contributed by atoms with Crippen LogP contribution in [-0.4, -0.2) is 29.7 Å². The van der Waals surface area contributed by atoms with E-state index in [0.717, 1.165) is 6.54 Å². The van der Waals surface area contributed by atoms with Crippen molar-refractivity contribution in [2.75, 3.05) is 13.1 Å². The van der Waals surface area contributed by atoms with Gasteiger partial charge in [-0.05, 0) is 16.7 Å². The number of nitrogens with zero attached hydrogens (tertiary/aromatic N) is 1. The Hall–Kier alpha value is -0.860. The van der Waals surface area contributed by atoms with Gasteiger partial charge in [0.25, 0.3) is 0 Å². The number of rotatable bonds is 2. The van der Waals surface area contributed by atoms with Gasteiger partial charge in [0.1, 0.15) is 0 Å². The summed E-state index contributed by atoms with van der Waals surface area (Å²) in [5.41, 5.74) is 0.581. The van der Waals surface area contributed by atoms with Crippen LogP contribution in [0.5, 0.6) is 0 Å². The molecule has 0 bridgehead atoms. The molecular weight excluding hydrogens is 190 g/mol. The molecule has 0 N–H and O–H groups in total. The van der Waals surface area contributed by atoms with Gasteiger partial charge in [-0.2, -0.15) is 0 Å². The highest BCUT2D eigenvalue weighted by Gasteiger charge is 2.64. The van der Waals surface area contributed by atoms with Crippen molar-refractivity contribution in [2.45, 2.75) is 34.1 Å². The largest absolute Gasteiger partial charge is 0.335 e. The van der Waals surface area contributed by atoms with Crippen molar-refractivity contribution in [3.8, 4) is 0 Å². The molecule has 1 saturated heterocycles. The van der Waals surface area contributed by atoms with Gasteiger partial charge in [-0.15, -0.1) is 0 Å². The second-order valence-corrected chi connectivity index (χ2v) is 5.99. The third-order valence-electron chi connectivity index (χ3n) is 4.79. The average molecular weight is 209 g/mol. The maximum absolute atomic E-state index is 11.5. The van der Waals surface area contributed by atoms with Gasteiger partial charge in [-0.3, -0.25) is 9.59 Å². The first kappa shape index (κ1) is 10.7. The number of amides is 1. The minimum Gasteiger partial charge on any atom is -0.335 e. The monoisotopic (exact) mass is 209 g/mol. The third kappa shape index (κ3) is 1.40. The van der Waals surface area contributed by atoms with E-state index in [-0.39, 0.29) is 18.1 Å². The van der Waals surface area contributed by atoms with Crippen molar-refractivity contribution < 1.29 is 9.59 Å². The summed E-state index contributed by atoms with van der Waals surface area (Å²) in [7, 11) is 0. The van der Waals surface area contributed by atoms with Gasteiger partial charge in [0.2, 0.25) is 5.91 Å². The molecule has 84 valence electrons. The predicted molar refractivity (Wildman–Crippen MR) is 57.3 cm³/mol. The van der Waals surface area contributed by atoms with Gasteiger partial charge in [0.05, 0.1) is 13.0 Å². The normalized spacial score (nSPS) is 28.7. The lowest BCUT2D eigenvalue weighted by Crippen LogP contribution is -2.29. The molecular formula is C12H19NO2. The van der Waals surface area contributed by atoms with E-state index in [1.807, 2.05) is 0 Å². The van der Waals surface area contributed by atoms with Gasteiger partial charge in [0, 0.05) is 6.54 Å². The van der Waals surface area contributed by atoms with Crippen molar-refractivity contribution in [3.63, 3.8) is 0 Å². The summed E-state index contributed by atoms with van der Waals surface area (Å²) in [6.45, 7) is 10.0. The van der Waals surface area contributed by atoms with Crippen molar-refractivity contribution in [1.29, 1.82) is 0 Å². The molecule has 15 heavy (non-hydrogen) atoms. The number of ketones is 1. The summed E-state index contributed by atoms with van der Waals surface area (Å²) in [6.07, 6.45) is 0.119. The Kier molecular flexibility index (Phi) is 2.01. The molecule has 1 amide bonds. The molecule has 3 heteroatoms. The minimum atomic E-state index is 0.0125. The van der Waals surface area contributed by atoms with Gasteiger partial charge in [-0.25, -0.2) is 0 Å². The molecule has 1 aliphatic heterocycles. The van der Waals surface area contributed by atoms with E-state index in [1.165, 1.54) is 0 Å². The number of carbonyl (C=O) groups is 2. The lowest BCUT2D eigenvalue weighted by Gasteiger charge is -2.15. The van der Waals surface area contributed by atoms with Crippen molar-refractivity contribution in [1.82, 2.24) is 4.90 Å². The molecule has 0 spiro atoms. The molecule has 3 nitrogen and oxygen atoms in total. The van der Waals surface area contributed by atoms with E-state index < -0.39 is 0 Å². The summed E-state index contributed by atoms with van der Waals surface area (Å²) in [5, 5.41) is 0. The quantitative estimate of drug-likeness (QED) is 0.646. The summed E-state index contributed by atoms with van der Waals surface area (Å²) in [5.74, 6) is 0.606. The van der Waals surface area contributed by atoms with E-state index in [0.29, 0.717) is 23.3 Å². The number of hydrogen-bond donors (Lipinski definition) is 0. The van der Waals surface area contributed by atoms with Crippen LogP contribution in [-0.2, 0) is 9.59 Å². The Morgan fingerprint density at radius 1 is 1.20 bits per heavy atom. The van der Waals surface area contributed by atoms with Crippen LogP contribution in [0.4, 0.5) is 0 Å². The van der Waals surface area contributed by atoms with Gasteiger partial charge in [-0.1, -0.05) is 27.7 Å². The molecule has 0 aromatic rings. The number of likely N-dealkylation sites (tertiary alicyclic amines) is 1. The van der Waals surface area contributed by atoms with Crippen LogP contribution in [0, 0.1) is 16.7 Å². The SMILES string of the molecule is CC1(C)C(CN2CC(=O)CC2=O)C1(C)C. The zero-order valence-electron chi connectivity index (χ0n) is 9.96. The molecule has 0 aromatic carbocycles. The first-order valence-electron chi connectivity index (χ1n) is 5.56. The summed E-state index contributed by atoms with van der Waals surface area (Å²) >= 11 is 0. The maximum Gasteiger partial charge on any atom is 0.230 e. The Morgan fingerprint density at radius 3 is 2.07 bits per heavy atom. The molecule has 2 aliphatic rings. The third-order valence-corrected chi connectivity index (χ3v) is 4.79. The Labute approximate surface area is 90.8 Å². The number of hydrogen-bond acceptors (Lipinski definition) is 2. The second-order valence-electron chi connectivity index (χ2n) is 5.99. The first-order valence-corrected chi connectivity index (χ1v) is 5.56. The summed E-state index contributed by atoms with van der Waals surface area (Å²) in [4.78, 5) is 24.3.